The van der Waals surface area contributed by atoms with Crippen LogP contribution < -0.4 is 10.6 Å². The van der Waals surface area contributed by atoms with Gasteiger partial charge in [0.15, 0.2) is 11.0 Å². The molecule has 3 aromatic heterocycles. The molecule has 2 N–H and O–H groups in total. The van der Waals surface area contributed by atoms with Crippen LogP contribution in [0.1, 0.15) is 17.0 Å². The second kappa shape index (κ2) is 11.5. The molecule has 0 bridgehead atoms. The average Bonchev–Trinajstić information content (AvgIpc) is 3.62. The van der Waals surface area contributed by atoms with E-state index < -0.39 is 5.82 Å². The maximum absolute atomic E-state index is 14.3. The first kappa shape index (κ1) is 26.8. The van der Waals surface area contributed by atoms with Gasteiger partial charge >= 0.3 is 6.03 Å². The molecule has 39 heavy (non-hydrogen) atoms. The molecule has 5 rings (SSSR count). The summed E-state index contributed by atoms with van der Waals surface area (Å²) in [6, 6.07) is 10.3. The molecule has 10 nitrogen and oxygen atoms in total. The number of rotatable bonds is 8. The van der Waals surface area contributed by atoms with E-state index in [4.69, 9.17) is 21.4 Å². The van der Waals surface area contributed by atoms with E-state index >= 15 is 0 Å². The summed E-state index contributed by atoms with van der Waals surface area (Å²) in [7, 11) is 3.49. The third kappa shape index (κ3) is 5.80. The van der Waals surface area contributed by atoms with E-state index in [1.165, 1.54) is 6.07 Å². The van der Waals surface area contributed by atoms with Gasteiger partial charge in [0.05, 0.1) is 24.5 Å². The summed E-state index contributed by atoms with van der Waals surface area (Å²) >= 11 is 5.82. The fourth-order valence-corrected chi connectivity index (χ4v) is 5.04. The van der Waals surface area contributed by atoms with Crippen molar-refractivity contribution in [1.29, 1.82) is 0 Å². The normalized spacial score (nSPS) is 17.5. The lowest BCUT2D eigenvalue weighted by Crippen LogP contribution is -2.42. The number of carbonyl (C=O) groups excluding carboxylic acids is 1. The first-order valence-electron chi connectivity index (χ1n) is 12.6. The van der Waals surface area contributed by atoms with Crippen molar-refractivity contribution in [3.8, 4) is 16.9 Å². The van der Waals surface area contributed by atoms with Gasteiger partial charge in [0.1, 0.15) is 11.5 Å². The van der Waals surface area contributed by atoms with Crippen LogP contribution in [0.2, 0.25) is 5.15 Å². The van der Waals surface area contributed by atoms with Crippen LogP contribution in [0.4, 0.5) is 15.0 Å². The van der Waals surface area contributed by atoms with Crippen molar-refractivity contribution in [2.45, 2.75) is 18.9 Å². The van der Waals surface area contributed by atoms with Crippen LogP contribution in [0.3, 0.4) is 0 Å². The van der Waals surface area contributed by atoms with E-state index in [1.807, 2.05) is 50.5 Å². The van der Waals surface area contributed by atoms with E-state index in [0.29, 0.717) is 37.6 Å². The van der Waals surface area contributed by atoms with Crippen molar-refractivity contribution in [3.63, 3.8) is 0 Å². The Balaban J connectivity index is 1.42. The average molecular weight is 553 g/mol. The Morgan fingerprint density at radius 2 is 2.03 bits per heavy atom. The van der Waals surface area contributed by atoms with Gasteiger partial charge in [-0.05, 0) is 30.7 Å². The Bertz CT molecular complexity index is 1460. The van der Waals surface area contributed by atoms with Crippen molar-refractivity contribution in [2.75, 3.05) is 38.7 Å². The van der Waals surface area contributed by atoms with E-state index in [0.717, 1.165) is 22.5 Å². The molecule has 0 saturated carbocycles. The number of ether oxygens (including phenoxy) is 1. The summed E-state index contributed by atoms with van der Waals surface area (Å²) in [6.07, 6.45) is 5.19. The minimum absolute atomic E-state index is 0.177. The number of carbonyl (C=O) groups is 1. The number of para-hydroxylation sites is 1. The fraction of sp³-hybridized carbons (Fsp3) is 0.333. The van der Waals surface area contributed by atoms with Gasteiger partial charge in [-0.15, -0.1) is 0 Å². The molecule has 1 fully saturated rings. The number of nitrogens with zero attached hydrogens (tertiary/aromatic N) is 6. The lowest BCUT2D eigenvalue weighted by Gasteiger charge is -2.21. The van der Waals surface area contributed by atoms with Gasteiger partial charge in [0.2, 0.25) is 0 Å². The largest absolute Gasteiger partial charge is 0.383 e. The molecular formula is C27H30ClFN8O2. The maximum atomic E-state index is 14.3. The lowest BCUT2D eigenvalue weighted by molar-refractivity contribution is 0.159. The third-order valence-corrected chi connectivity index (χ3v) is 7.18. The Hall–Kier alpha value is -3.80. The minimum Gasteiger partial charge on any atom is -0.383 e. The number of amides is 2. The van der Waals surface area contributed by atoms with Crippen LogP contribution in [-0.2, 0) is 11.8 Å². The first-order valence-corrected chi connectivity index (χ1v) is 13.0. The van der Waals surface area contributed by atoms with Gasteiger partial charge in [-0.2, -0.15) is 10.2 Å². The SMILES string of the molecule is COCCN1C[C@@H](NC(=O)Nc2c(C)c(-c3cnn(C)c3)nn2-c2ccccc2)[C@H](c2cnc(Cl)c(F)c2)C1. The molecule has 4 heterocycles. The molecule has 0 radical (unpaired) electrons. The number of hydrogen-bond acceptors (Lipinski definition) is 6. The molecule has 1 aliphatic rings. The zero-order chi connectivity index (χ0) is 27.5. The summed E-state index contributed by atoms with van der Waals surface area (Å²) in [5, 5.41) is 15.0. The Kier molecular flexibility index (Phi) is 7.92. The predicted molar refractivity (Wildman–Crippen MR) is 147 cm³/mol. The molecule has 0 spiro atoms. The van der Waals surface area contributed by atoms with Crippen LogP contribution in [0.15, 0.2) is 55.0 Å². The Morgan fingerprint density at radius 1 is 1.23 bits per heavy atom. The number of pyridine rings is 1. The van der Waals surface area contributed by atoms with Crippen LogP contribution in [0.25, 0.3) is 16.9 Å². The van der Waals surface area contributed by atoms with E-state index in [-0.39, 0.29) is 23.1 Å². The number of likely N-dealkylation sites (tertiary alicyclic amines) is 1. The van der Waals surface area contributed by atoms with E-state index in [1.54, 1.807) is 28.9 Å². The van der Waals surface area contributed by atoms with Crippen LogP contribution >= 0.6 is 11.6 Å². The highest BCUT2D eigenvalue weighted by molar-refractivity contribution is 6.29. The third-order valence-electron chi connectivity index (χ3n) is 6.90. The molecule has 0 unspecified atom stereocenters. The number of hydrogen-bond donors (Lipinski definition) is 2. The van der Waals surface area contributed by atoms with Gasteiger partial charge in [-0.25, -0.2) is 18.9 Å². The summed E-state index contributed by atoms with van der Waals surface area (Å²) < 4.78 is 22.9. The van der Waals surface area contributed by atoms with E-state index in [9.17, 15) is 9.18 Å². The van der Waals surface area contributed by atoms with Crippen molar-refractivity contribution in [1.82, 2.24) is 34.8 Å². The van der Waals surface area contributed by atoms with Gasteiger partial charge in [-0.3, -0.25) is 14.9 Å². The number of benzene rings is 1. The Labute approximate surface area is 230 Å². The fourth-order valence-electron chi connectivity index (χ4n) is 4.94. The van der Waals surface area contributed by atoms with Crippen LogP contribution in [-0.4, -0.2) is 74.9 Å². The molecule has 2 atom stereocenters. The lowest BCUT2D eigenvalue weighted by atomic mass is 9.96. The molecule has 0 aliphatic carbocycles. The number of nitrogens with one attached hydrogen (secondary N) is 2. The highest BCUT2D eigenvalue weighted by Gasteiger charge is 2.35. The summed E-state index contributed by atoms with van der Waals surface area (Å²) in [4.78, 5) is 19.6. The topological polar surface area (TPSA) is 102 Å². The molecule has 2 amide bonds. The standard InChI is InChI=1S/C27H30ClFN8O2/c1-17-24(19-13-31-35(2)14-19)34-37(20-7-5-4-6-8-20)26(17)33-27(38)32-23-16-36(9-10-39-3)15-21(23)18-11-22(29)25(28)30-12-18/h4-8,11-14,21,23H,9-10,15-16H2,1-3H3,(H2,32,33,38)/t21-,23+/m0/s1. The Morgan fingerprint density at radius 3 is 2.72 bits per heavy atom. The maximum Gasteiger partial charge on any atom is 0.320 e. The molecule has 1 saturated heterocycles. The molecule has 4 aromatic rings. The summed E-state index contributed by atoms with van der Waals surface area (Å²) in [5.41, 5.74) is 3.84. The monoisotopic (exact) mass is 552 g/mol. The second-order valence-corrected chi connectivity index (χ2v) is 9.94. The van der Waals surface area contributed by atoms with Gasteiger partial charge in [-0.1, -0.05) is 29.8 Å². The van der Waals surface area contributed by atoms with Crippen molar-refractivity contribution >= 4 is 23.4 Å². The number of aromatic nitrogens is 5. The molecule has 1 aromatic carbocycles. The molecular weight excluding hydrogens is 523 g/mol. The van der Waals surface area contributed by atoms with Gasteiger partial charge in [0, 0.05) is 63.2 Å². The molecule has 204 valence electrons. The van der Waals surface area contributed by atoms with Gasteiger partial charge in [0.25, 0.3) is 0 Å². The first-order chi connectivity index (χ1) is 18.8. The van der Waals surface area contributed by atoms with E-state index in [2.05, 4.69) is 25.6 Å². The van der Waals surface area contributed by atoms with Gasteiger partial charge < -0.3 is 10.1 Å². The number of halogens is 2. The highest BCUT2D eigenvalue weighted by Crippen LogP contribution is 2.31. The number of methoxy groups -OCH3 is 1. The van der Waals surface area contributed by atoms with Crippen molar-refractivity contribution in [2.24, 2.45) is 7.05 Å². The number of urea groups is 1. The van der Waals surface area contributed by atoms with Crippen molar-refractivity contribution < 1.29 is 13.9 Å². The quantitative estimate of drug-likeness (QED) is 0.320. The van der Waals surface area contributed by atoms with Crippen LogP contribution in [0.5, 0.6) is 0 Å². The minimum atomic E-state index is -0.585. The molecule has 12 heteroatoms. The summed E-state index contributed by atoms with van der Waals surface area (Å²) in [6.45, 7) is 4.33. The smallest absolute Gasteiger partial charge is 0.320 e. The van der Waals surface area contributed by atoms with Crippen LogP contribution in [0, 0.1) is 12.7 Å². The zero-order valence-corrected chi connectivity index (χ0v) is 22.7. The highest BCUT2D eigenvalue weighted by atomic mass is 35.5. The predicted octanol–water partition coefficient (Wildman–Crippen LogP) is 4.00. The summed E-state index contributed by atoms with van der Waals surface area (Å²) in [5.74, 6) is -0.224. The number of anilines is 1. The number of aryl methyl sites for hydroxylation is 1. The zero-order valence-electron chi connectivity index (χ0n) is 21.9. The second-order valence-electron chi connectivity index (χ2n) is 9.58. The van der Waals surface area contributed by atoms with Crippen molar-refractivity contribution in [3.05, 3.63) is 77.1 Å². The molecule has 1 aliphatic heterocycles.